The summed E-state index contributed by atoms with van der Waals surface area (Å²) in [6, 6.07) is 9.08. The standard InChI is InChI=1S/C21H24O3/c1-13-9-10-16(11-19-15(3)20(22)12-18(13)19)14(2)21(23)24-17-7-5-4-6-8-17/h4-8,13,16,18H,2,9-12H2,1,3H3/t13?,16-,18?/m0/s1. The summed E-state index contributed by atoms with van der Waals surface area (Å²) in [5.41, 5.74) is 2.66. The van der Waals surface area contributed by atoms with Gasteiger partial charge in [-0.15, -0.1) is 0 Å². The zero-order chi connectivity index (χ0) is 17.3. The molecule has 2 aliphatic rings. The third-order valence-corrected chi connectivity index (χ3v) is 5.59. The molecule has 3 heteroatoms. The van der Waals surface area contributed by atoms with Crippen LogP contribution in [0, 0.1) is 17.8 Å². The van der Waals surface area contributed by atoms with Crippen LogP contribution in [-0.2, 0) is 9.59 Å². The van der Waals surface area contributed by atoms with Crippen molar-refractivity contribution in [1.29, 1.82) is 0 Å². The van der Waals surface area contributed by atoms with E-state index in [1.54, 1.807) is 12.1 Å². The van der Waals surface area contributed by atoms with Crippen molar-refractivity contribution in [2.24, 2.45) is 17.8 Å². The lowest BCUT2D eigenvalue weighted by molar-refractivity contribution is -0.130. The molecule has 3 atom stereocenters. The van der Waals surface area contributed by atoms with Gasteiger partial charge < -0.3 is 4.74 Å². The maximum Gasteiger partial charge on any atom is 0.339 e. The van der Waals surface area contributed by atoms with Gasteiger partial charge in [0.2, 0.25) is 0 Å². The third kappa shape index (κ3) is 3.21. The van der Waals surface area contributed by atoms with E-state index in [9.17, 15) is 9.59 Å². The summed E-state index contributed by atoms with van der Waals surface area (Å²) in [6.07, 6.45) is 3.33. The number of ether oxygens (including phenoxy) is 1. The summed E-state index contributed by atoms with van der Waals surface area (Å²) in [6.45, 7) is 8.16. The van der Waals surface area contributed by atoms with Crippen LogP contribution in [0.4, 0.5) is 0 Å². The van der Waals surface area contributed by atoms with Gasteiger partial charge in [-0.25, -0.2) is 4.79 Å². The maximum absolute atomic E-state index is 12.4. The lowest BCUT2D eigenvalue weighted by Crippen LogP contribution is -2.18. The van der Waals surface area contributed by atoms with Crippen LogP contribution in [0.3, 0.4) is 0 Å². The molecule has 1 saturated carbocycles. The van der Waals surface area contributed by atoms with E-state index in [1.807, 2.05) is 25.1 Å². The molecule has 2 unspecified atom stereocenters. The van der Waals surface area contributed by atoms with Gasteiger partial charge >= 0.3 is 5.97 Å². The number of rotatable bonds is 3. The van der Waals surface area contributed by atoms with Gasteiger partial charge in [-0.05, 0) is 61.6 Å². The topological polar surface area (TPSA) is 43.4 Å². The number of allylic oxidation sites excluding steroid dienone is 2. The van der Waals surface area contributed by atoms with Crippen molar-refractivity contribution in [1.82, 2.24) is 0 Å². The number of benzene rings is 1. The van der Waals surface area contributed by atoms with Gasteiger partial charge in [-0.3, -0.25) is 4.79 Å². The molecule has 0 bridgehead atoms. The lowest BCUT2D eigenvalue weighted by atomic mass is 9.86. The minimum absolute atomic E-state index is 0.0597. The van der Waals surface area contributed by atoms with E-state index in [1.165, 1.54) is 5.57 Å². The Hall–Kier alpha value is -2.16. The van der Waals surface area contributed by atoms with Crippen LogP contribution in [0.2, 0.25) is 0 Å². The molecule has 0 radical (unpaired) electrons. The Morgan fingerprint density at radius 1 is 1.17 bits per heavy atom. The molecule has 126 valence electrons. The highest BCUT2D eigenvalue weighted by Crippen LogP contribution is 2.45. The van der Waals surface area contributed by atoms with Crippen LogP contribution in [0.5, 0.6) is 5.75 Å². The average Bonchev–Trinajstić information content (AvgIpc) is 2.76. The van der Waals surface area contributed by atoms with Crippen molar-refractivity contribution >= 4 is 11.8 Å². The first kappa shape index (κ1) is 16.7. The summed E-state index contributed by atoms with van der Waals surface area (Å²) in [7, 11) is 0. The predicted molar refractivity (Wildman–Crippen MR) is 93.5 cm³/mol. The van der Waals surface area contributed by atoms with Gasteiger partial charge in [-0.2, -0.15) is 0 Å². The molecule has 0 heterocycles. The summed E-state index contributed by atoms with van der Waals surface area (Å²) in [5.74, 6) is 1.32. The molecule has 0 N–H and O–H groups in total. The van der Waals surface area contributed by atoms with Crippen molar-refractivity contribution in [3.8, 4) is 5.75 Å². The molecule has 0 saturated heterocycles. The van der Waals surface area contributed by atoms with Crippen molar-refractivity contribution in [2.45, 2.75) is 39.5 Å². The Bertz CT molecular complexity index is 699. The molecular formula is C21H24O3. The second-order valence-electron chi connectivity index (χ2n) is 7.07. The van der Waals surface area contributed by atoms with Crippen molar-refractivity contribution in [2.75, 3.05) is 0 Å². The van der Waals surface area contributed by atoms with E-state index in [0.717, 1.165) is 24.8 Å². The Balaban J connectivity index is 1.75. The summed E-state index contributed by atoms with van der Waals surface area (Å²) in [4.78, 5) is 24.5. The number of para-hydroxylation sites is 1. The molecule has 3 rings (SSSR count). The predicted octanol–water partition coefficient (Wildman–Crippen LogP) is 4.49. The van der Waals surface area contributed by atoms with E-state index in [-0.39, 0.29) is 17.7 Å². The number of carbonyl (C=O) groups is 2. The molecule has 1 aromatic rings. The quantitative estimate of drug-likeness (QED) is 0.467. The fraction of sp³-hybridized carbons (Fsp3) is 0.429. The Labute approximate surface area is 143 Å². The zero-order valence-corrected chi connectivity index (χ0v) is 14.4. The number of esters is 1. The van der Waals surface area contributed by atoms with Crippen LogP contribution in [0.25, 0.3) is 0 Å². The highest BCUT2D eigenvalue weighted by atomic mass is 16.5. The van der Waals surface area contributed by atoms with Crippen LogP contribution in [-0.4, -0.2) is 11.8 Å². The summed E-state index contributed by atoms with van der Waals surface area (Å²) >= 11 is 0. The SMILES string of the molecule is C=C(C(=O)Oc1ccccc1)[C@H]1CCC(C)C2CC(=O)C(C)=C2C1. The number of fused-ring (bicyclic) bond motifs is 1. The van der Waals surface area contributed by atoms with Crippen molar-refractivity contribution in [3.63, 3.8) is 0 Å². The highest BCUT2D eigenvalue weighted by Gasteiger charge is 2.38. The molecule has 0 aromatic heterocycles. The molecule has 24 heavy (non-hydrogen) atoms. The Morgan fingerprint density at radius 3 is 2.58 bits per heavy atom. The average molecular weight is 324 g/mol. The molecule has 3 nitrogen and oxygen atoms in total. The molecule has 2 aliphatic carbocycles. The van der Waals surface area contributed by atoms with Crippen molar-refractivity contribution < 1.29 is 14.3 Å². The van der Waals surface area contributed by atoms with Gasteiger partial charge in [-0.1, -0.05) is 37.3 Å². The van der Waals surface area contributed by atoms with E-state index < -0.39 is 0 Å². The second kappa shape index (κ2) is 6.76. The fourth-order valence-corrected chi connectivity index (χ4v) is 3.94. The number of hydrogen-bond donors (Lipinski definition) is 0. The Morgan fingerprint density at radius 2 is 1.88 bits per heavy atom. The van der Waals surface area contributed by atoms with Gasteiger partial charge in [0.25, 0.3) is 0 Å². The zero-order valence-electron chi connectivity index (χ0n) is 14.4. The minimum atomic E-state index is -0.361. The summed E-state index contributed by atoms with van der Waals surface area (Å²) in [5, 5.41) is 0. The van der Waals surface area contributed by atoms with Crippen molar-refractivity contribution in [3.05, 3.63) is 53.6 Å². The number of Topliss-reactive ketones (excluding diaryl/α,β-unsaturated/α-hetero) is 1. The van der Waals surface area contributed by atoms with Gasteiger partial charge in [0, 0.05) is 12.0 Å². The monoisotopic (exact) mass is 324 g/mol. The fourth-order valence-electron chi connectivity index (χ4n) is 3.94. The number of hydrogen-bond acceptors (Lipinski definition) is 3. The van der Waals surface area contributed by atoms with Crippen LogP contribution >= 0.6 is 0 Å². The maximum atomic E-state index is 12.4. The van der Waals surface area contributed by atoms with E-state index in [2.05, 4.69) is 13.5 Å². The van der Waals surface area contributed by atoms with Gasteiger partial charge in [0.05, 0.1) is 0 Å². The largest absolute Gasteiger partial charge is 0.423 e. The molecular weight excluding hydrogens is 300 g/mol. The van der Waals surface area contributed by atoms with Crippen LogP contribution in [0.15, 0.2) is 53.6 Å². The van der Waals surface area contributed by atoms with E-state index in [4.69, 9.17) is 4.74 Å². The van der Waals surface area contributed by atoms with Gasteiger partial charge in [0.1, 0.15) is 5.75 Å². The number of carbonyl (C=O) groups excluding carboxylic acids is 2. The minimum Gasteiger partial charge on any atom is -0.423 e. The number of ketones is 1. The second-order valence-corrected chi connectivity index (χ2v) is 7.07. The molecule has 1 aromatic carbocycles. The first-order valence-corrected chi connectivity index (χ1v) is 8.66. The van der Waals surface area contributed by atoms with Crippen LogP contribution in [0.1, 0.15) is 39.5 Å². The summed E-state index contributed by atoms with van der Waals surface area (Å²) < 4.78 is 5.43. The lowest BCUT2D eigenvalue weighted by Gasteiger charge is -2.18. The van der Waals surface area contributed by atoms with E-state index in [0.29, 0.717) is 29.6 Å². The molecule has 1 fully saturated rings. The van der Waals surface area contributed by atoms with E-state index >= 15 is 0 Å². The molecule has 0 spiro atoms. The Kier molecular flexibility index (Phi) is 4.70. The van der Waals surface area contributed by atoms with Gasteiger partial charge in [0.15, 0.2) is 5.78 Å². The first-order valence-electron chi connectivity index (χ1n) is 8.66. The first-order chi connectivity index (χ1) is 11.5. The highest BCUT2D eigenvalue weighted by molar-refractivity contribution is 5.98. The molecule has 0 amide bonds. The van der Waals surface area contributed by atoms with Crippen LogP contribution < -0.4 is 4.74 Å². The molecule has 0 aliphatic heterocycles. The third-order valence-electron chi connectivity index (χ3n) is 5.59. The smallest absolute Gasteiger partial charge is 0.339 e. The normalized spacial score (nSPS) is 26.8.